The molecule has 0 amide bonds. The maximum Gasteiger partial charge on any atom is 0.371 e. The lowest BCUT2D eigenvalue weighted by molar-refractivity contribution is 0.0663. The number of aromatic carboxylic acids is 1. The maximum atomic E-state index is 13.2. The molecule has 1 N–H and O–H groups in total. The van der Waals surface area contributed by atoms with Crippen molar-refractivity contribution in [3.05, 3.63) is 52.8 Å². The Labute approximate surface area is 118 Å². The monoisotopic (exact) mass is 292 g/mol. The van der Waals surface area contributed by atoms with Gasteiger partial charge in [-0.3, -0.25) is 0 Å². The van der Waals surface area contributed by atoms with Crippen LogP contribution in [0.4, 0.5) is 14.7 Å². The zero-order valence-corrected chi connectivity index (χ0v) is 10.7. The first-order valence-electron chi connectivity index (χ1n) is 6.11. The van der Waals surface area contributed by atoms with E-state index in [0.29, 0.717) is 24.2 Å². The third-order valence-corrected chi connectivity index (χ3v) is 3.08. The van der Waals surface area contributed by atoms with Crippen LogP contribution in [0.15, 0.2) is 33.7 Å². The fourth-order valence-corrected chi connectivity index (χ4v) is 2.11. The first-order valence-corrected chi connectivity index (χ1v) is 6.11. The standard InChI is InChI=1S/C14H10F2N2O3/c15-10-2-1-8(3-11(10)16)5-18-6-9-4-12(14(19)20)21-13(9)17-7-18/h1-4,7H,5-6H2,(H,19,20). The molecule has 0 radical (unpaired) electrons. The predicted octanol–water partition coefficient (Wildman–Crippen LogP) is 2.93. The van der Waals surface area contributed by atoms with Crippen LogP contribution in [-0.2, 0) is 13.1 Å². The lowest BCUT2D eigenvalue weighted by atomic mass is 10.2. The van der Waals surface area contributed by atoms with E-state index in [1.807, 2.05) is 0 Å². The number of carboxylic acids is 1. The molecular formula is C14H10F2N2O3. The first-order chi connectivity index (χ1) is 10.0. The minimum absolute atomic E-state index is 0.174. The molecule has 0 aliphatic carbocycles. The molecule has 0 atom stereocenters. The van der Waals surface area contributed by atoms with Crippen molar-refractivity contribution in [1.29, 1.82) is 0 Å². The maximum absolute atomic E-state index is 13.2. The third kappa shape index (κ3) is 2.62. The SMILES string of the molecule is O=C(O)c1cc2c(o1)N=CN(Cc1ccc(F)c(F)c1)C2. The molecule has 1 aliphatic rings. The number of rotatable bonds is 3. The Morgan fingerprint density at radius 3 is 2.86 bits per heavy atom. The van der Waals surface area contributed by atoms with E-state index in [-0.39, 0.29) is 11.6 Å². The van der Waals surface area contributed by atoms with E-state index >= 15 is 0 Å². The van der Waals surface area contributed by atoms with Gasteiger partial charge in [-0.2, -0.15) is 0 Å². The summed E-state index contributed by atoms with van der Waals surface area (Å²) in [6.07, 6.45) is 1.48. The number of hydrogen-bond donors (Lipinski definition) is 1. The largest absolute Gasteiger partial charge is 0.475 e. The van der Waals surface area contributed by atoms with Crippen LogP contribution >= 0.6 is 0 Å². The molecule has 0 fully saturated rings. The van der Waals surface area contributed by atoms with Crippen molar-refractivity contribution in [3.63, 3.8) is 0 Å². The van der Waals surface area contributed by atoms with E-state index < -0.39 is 17.6 Å². The van der Waals surface area contributed by atoms with Gasteiger partial charge in [-0.15, -0.1) is 0 Å². The van der Waals surface area contributed by atoms with Crippen LogP contribution in [0.5, 0.6) is 0 Å². The Hall–Kier alpha value is -2.70. The fraction of sp³-hybridized carbons (Fsp3) is 0.143. The summed E-state index contributed by atoms with van der Waals surface area (Å²) in [6, 6.07) is 5.08. The van der Waals surface area contributed by atoms with Crippen LogP contribution < -0.4 is 0 Å². The molecule has 108 valence electrons. The van der Waals surface area contributed by atoms with E-state index in [1.54, 1.807) is 4.90 Å². The highest BCUT2D eigenvalue weighted by Gasteiger charge is 2.20. The van der Waals surface area contributed by atoms with Gasteiger partial charge in [-0.25, -0.2) is 18.6 Å². The van der Waals surface area contributed by atoms with Gasteiger partial charge in [0.25, 0.3) is 0 Å². The predicted molar refractivity (Wildman–Crippen MR) is 69.4 cm³/mol. The van der Waals surface area contributed by atoms with Crippen molar-refractivity contribution in [2.24, 2.45) is 4.99 Å². The Balaban J connectivity index is 1.76. The van der Waals surface area contributed by atoms with Crippen LogP contribution in [0.25, 0.3) is 0 Å². The molecule has 1 aromatic carbocycles. The van der Waals surface area contributed by atoms with Gasteiger partial charge >= 0.3 is 5.97 Å². The number of halogens is 2. The van der Waals surface area contributed by atoms with Gasteiger partial charge in [-0.1, -0.05) is 6.07 Å². The van der Waals surface area contributed by atoms with E-state index in [4.69, 9.17) is 9.52 Å². The minimum atomic E-state index is -1.16. The van der Waals surface area contributed by atoms with Gasteiger partial charge in [0.05, 0.1) is 6.34 Å². The summed E-state index contributed by atoms with van der Waals surface area (Å²) in [5.41, 5.74) is 1.23. The van der Waals surface area contributed by atoms with Gasteiger partial charge < -0.3 is 14.4 Å². The Bertz CT molecular complexity index is 740. The molecule has 0 bridgehead atoms. The van der Waals surface area contributed by atoms with Crippen LogP contribution in [0.2, 0.25) is 0 Å². The minimum Gasteiger partial charge on any atom is -0.475 e. The van der Waals surface area contributed by atoms with Crippen LogP contribution in [0.1, 0.15) is 21.7 Å². The highest BCUT2D eigenvalue weighted by Crippen LogP contribution is 2.28. The van der Waals surface area contributed by atoms with Crippen LogP contribution in [0.3, 0.4) is 0 Å². The van der Waals surface area contributed by atoms with Crippen molar-refractivity contribution in [2.75, 3.05) is 0 Å². The van der Waals surface area contributed by atoms with E-state index in [1.165, 1.54) is 18.5 Å². The van der Waals surface area contributed by atoms with Gasteiger partial charge in [0.2, 0.25) is 11.6 Å². The summed E-state index contributed by atoms with van der Waals surface area (Å²) in [4.78, 5) is 16.6. The second-order valence-corrected chi connectivity index (χ2v) is 4.64. The molecule has 1 aromatic heterocycles. The second kappa shape index (κ2) is 5.01. The molecule has 1 aliphatic heterocycles. The quantitative estimate of drug-likeness (QED) is 0.944. The highest BCUT2D eigenvalue weighted by molar-refractivity contribution is 5.85. The third-order valence-electron chi connectivity index (χ3n) is 3.08. The van der Waals surface area contributed by atoms with Crippen molar-refractivity contribution < 1.29 is 23.1 Å². The molecule has 0 saturated carbocycles. The van der Waals surface area contributed by atoms with Gasteiger partial charge in [-0.05, 0) is 23.8 Å². The first kappa shape index (κ1) is 13.3. The lowest BCUT2D eigenvalue weighted by Gasteiger charge is -2.21. The number of aliphatic imine (C=N–C) groups is 1. The molecule has 2 aromatic rings. The zero-order chi connectivity index (χ0) is 15.0. The van der Waals surface area contributed by atoms with Crippen LogP contribution in [-0.4, -0.2) is 22.3 Å². The molecule has 0 unspecified atom stereocenters. The van der Waals surface area contributed by atoms with E-state index in [0.717, 1.165) is 12.1 Å². The number of fused-ring (bicyclic) bond motifs is 1. The number of hydrogen-bond acceptors (Lipinski definition) is 4. The molecule has 5 nitrogen and oxygen atoms in total. The summed E-state index contributed by atoms with van der Waals surface area (Å²) < 4.78 is 31.1. The average molecular weight is 292 g/mol. The summed E-state index contributed by atoms with van der Waals surface area (Å²) >= 11 is 0. The highest BCUT2D eigenvalue weighted by atomic mass is 19.2. The second-order valence-electron chi connectivity index (χ2n) is 4.64. The summed E-state index contributed by atoms with van der Waals surface area (Å²) in [6.45, 7) is 0.711. The number of carbonyl (C=O) groups is 1. The van der Waals surface area contributed by atoms with Crippen LogP contribution in [0, 0.1) is 11.6 Å². The molecule has 2 heterocycles. The number of benzene rings is 1. The Morgan fingerprint density at radius 2 is 2.14 bits per heavy atom. The topological polar surface area (TPSA) is 66.0 Å². The lowest BCUT2D eigenvalue weighted by Crippen LogP contribution is -2.22. The van der Waals surface area contributed by atoms with Gasteiger partial charge in [0.15, 0.2) is 11.6 Å². The summed E-state index contributed by atoms with van der Waals surface area (Å²) in [5.74, 6) is -2.87. The molecule has 0 saturated heterocycles. The number of furan rings is 1. The van der Waals surface area contributed by atoms with Gasteiger partial charge in [0, 0.05) is 18.7 Å². The van der Waals surface area contributed by atoms with E-state index in [9.17, 15) is 13.6 Å². The van der Waals surface area contributed by atoms with Crippen molar-refractivity contribution in [1.82, 2.24) is 4.90 Å². The van der Waals surface area contributed by atoms with E-state index in [2.05, 4.69) is 4.99 Å². The van der Waals surface area contributed by atoms with Gasteiger partial charge in [0.1, 0.15) is 0 Å². The van der Waals surface area contributed by atoms with Crippen molar-refractivity contribution in [2.45, 2.75) is 13.1 Å². The molecule has 7 heteroatoms. The zero-order valence-electron chi connectivity index (χ0n) is 10.7. The van der Waals surface area contributed by atoms with Crippen molar-refractivity contribution in [3.8, 4) is 0 Å². The van der Waals surface area contributed by atoms with Crippen molar-refractivity contribution >= 4 is 18.2 Å². The smallest absolute Gasteiger partial charge is 0.371 e. The summed E-state index contributed by atoms with van der Waals surface area (Å²) in [7, 11) is 0. The molecule has 0 spiro atoms. The fourth-order valence-electron chi connectivity index (χ4n) is 2.11. The molecular weight excluding hydrogens is 282 g/mol. The normalized spacial score (nSPS) is 13.3. The molecule has 3 rings (SSSR count). The average Bonchev–Trinajstić information content (AvgIpc) is 2.86. The molecule has 21 heavy (non-hydrogen) atoms. The number of nitrogens with zero attached hydrogens (tertiary/aromatic N) is 2. The number of carboxylic acid groups (broad SMARTS) is 1. The Kier molecular flexibility index (Phi) is 3.17. The summed E-state index contributed by atoms with van der Waals surface area (Å²) in [5, 5.41) is 8.86. The Morgan fingerprint density at radius 1 is 1.33 bits per heavy atom.